The molecular formula is C14H15ClN2. The molecule has 0 aliphatic carbocycles. The third kappa shape index (κ3) is 2.59. The zero-order chi connectivity index (χ0) is 12.1. The van der Waals surface area contributed by atoms with Gasteiger partial charge in [-0.2, -0.15) is 0 Å². The van der Waals surface area contributed by atoms with Crippen molar-refractivity contribution in [3.8, 4) is 0 Å². The summed E-state index contributed by atoms with van der Waals surface area (Å²) < 4.78 is 0. The van der Waals surface area contributed by atoms with Crippen molar-refractivity contribution in [2.45, 2.75) is 12.8 Å². The van der Waals surface area contributed by atoms with Gasteiger partial charge in [0.25, 0.3) is 0 Å². The number of alkyl halides is 1. The first kappa shape index (κ1) is 11.9. The molecule has 17 heavy (non-hydrogen) atoms. The summed E-state index contributed by atoms with van der Waals surface area (Å²) in [5, 5.41) is 0. The Morgan fingerprint density at radius 1 is 1.18 bits per heavy atom. The monoisotopic (exact) mass is 246 g/mol. The molecule has 0 aliphatic heterocycles. The van der Waals surface area contributed by atoms with Gasteiger partial charge in [-0.15, -0.1) is 11.6 Å². The lowest BCUT2D eigenvalue weighted by Crippen LogP contribution is -2.17. The second kappa shape index (κ2) is 5.69. The second-order valence-electron chi connectivity index (χ2n) is 3.72. The number of para-hydroxylation sites is 1. The van der Waals surface area contributed by atoms with E-state index in [1.807, 2.05) is 30.5 Å². The first-order valence-electron chi connectivity index (χ1n) is 5.68. The first-order valence-corrected chi connectivity index (χ1v) is 6.21. The molecule has 0 aliphatic rings. The maximum absolute atomic E-state index is 5.97. The summed E-state index contributed by atoms with van der Waals surface area (Å²) in [6.07, 6.45) is 3.65. The van der Waals surface area contributed by atoms with Crippen molar-refractivity contribution < 1.29 is 0 Å². The highest BCUT2D eigenvalue weighted by Crippen LogP contribution is 2.28. The summed E-state index contributed by atoms with van der Waals surface area (Å²) in [6.45, 7) is 3.01. The molecule has 0 spiro atoms. The molecule has 0 amide bonds. The Balaban J connectivity index is 2.42. The summed E-state index contributed by atoms with van der Waals surface area (Å²) >= 11 is 5.97. The Morgan fingerprint density at radius 3 is 2.59 bits per heavy atom. The highest BCUT2D eigenvalue weighted by atomic mass is 35.5. The van der Waals surface area contributed by atoms with E-state index in [4.69, 9.17) is 11.6 Å². The minimum Gasteiger partial charge on any atom is -0.340 e. The molecule has 0 atom stereocenters. The molecule has 2 aromatic rings. The molecule has 1 aromatic carbocycles. The van der Waals surface area contributed by atoms with Crippen LogP contribution in [0.1, 0.15) is 12.5 Å². The maximum Gasteiger partial charge on any atom is 0.0641 e. The van der Waals surface area contributed by atoms with Crippen LogP contribution >= 0.6 is 11.6 Å². The lowest BCUT2D eigenvalue weighted by atomic mass is 10.2. The highest BCUT2D eigenvalue weighted by molar-refractivity contribution is 6.17. The average molecular weight is 247 g/mol. The topological polar surface area (TPSA) is 16.1 Å². The molecule has 0 bridgehead atoms. The Morgan fingerprint density at radius 2 is 1.94 bits per heavy atom. The van der Waals surface area contributed by atoms with E-state index in [2.05, 4.69) is 28.9 Å². The molecule has 0 unspecified atom stereocenters. The Hall–Kier alpha value is -1.54. The van der Waals surface area contributed by atoms with E-state index in [0.717, 1.165) is 23.5 Å². The van der Waals surface area contributed by atoms with E-state index in [9.17, 15) is 0 Å². The molecule has 0 saturated heterocycles. The van der Waals surface area contributed by atoms with Crippen LogP contribution in [0.15, 0.2) is 48.8 Å². The van der Waals surface area contributed by atoms with Gasteiger partial charge < -0.3 is 4.90 Å². The number of rotatable bonds is 4. The molecule has 2 nitrogen and oxygen atoms in total. The van der Waals surface area contributed by atoms with Crippen LogP contribution in [0.4, 0.5) is 11.4 Å². The van der Waals surface area contributed by atoms with Gasteiger partial charge in [-0.1, -0.05) is 18.2 Å². The number of benzene rings is 1. The summed E-state index contributed by atoms with van der Waals surface area (Å²) in [5.74, 6) is 0.501. The van der Waals surface area contributed by atoms with E-state index >= 15 is 0 Å². The number of hydrogen-bond acceptors (Lipinski definition) is 2. The van der Waals surface area contributed by atoms with Crippen LogP contribution in [0.2, 0.25) is 0 Å². The average Bonchev–Trinajstić information content (AvgIpc) is 2.41. The Labute approximate surface area is 107 Å². The molecule has 0 fully saturated rings. The predicted octanol–water partition coefficient (Wildman–Crippen LogP) is 3.98. The summed E-state index contributed by atoms with van der Waals surface area (Å²) in [5.41, 5.74) is 3.35. The fraction of sp³-hybridized carbons (Fsp3) is 0.214. The first-order chi connectivity index (χ1) is 8.36. The van der Waals surface area contributed by atoms with Crippen molar-refractivity contribution in [1.82, 2.24) is 4.98 Å². The van der Waals surface area contributed by atoms with E-state index in [-0.39, 0.29) is 0 Å². The lowest BCUT2D eigenvalue weighted by Gasteiger charge is -2.24. The molecule has 1 heterocycles. The Bertz CT molecular complexity index is 471. The molecule has 0 saturated carbocycles. The summed E-state index contributed by atoms with van der Waals surface area (Å²) in [4.78, 5) is 6.40. The fourth-order valence-corrected chi connectivity index (χ4v) is 2.10. The standard InChI is InChI=1S/C14H15ClN2/c1-2-17(13-6-4-3-5-7-13)14-11-16-9-8-12(14)10-15/h3-9,11H,2,10H2,1H3. The van der Waals surface area contributed by atoms with Crippen LogP contribution < -0.4 is 4.90 Å². The second-order valence-corrected chi connectivity index (χ2v) is 3.99. The SMILES string of the molecule is CCN(c1ccccc1)c1cnccc1CCl. The van der Waals surface area contributed by atoms with Gasteiger partial charge in [-0.05, 0) is 30.7 Å². The van der Waals surface area contributed by atoms with Crippen molar-refractivity contribution in [1.29, 1.82) is 0 Å². The van der Waals surface area contributed by atoms with Gasteiger partial charge >= 0.3 is 0 Å². The molecule has 1 aromatic heterocycles. The van der Waals surface area contributed by atoms with Gasteiger partial charge in [-0.3, -0.25) is 4.98 Å². The smallest absolute Gasteiger partial charge is 0.0641 e. The maximum atomic E-state index is 5.97. The number of nitrogens with zero attached hydrogens (tertiary/aromatic N) is 2. The lowest BCUT2D eigenvalue weighted by molar-refractivity contribution is 1.00. The zero-order valence-electron chi connectivity index (χ0n) is 9.81. The van der Waals surface area contributed by atoms with Gasteiger partial charge in [0.1, 0.15) is 0 Å². The highest BCUT2D eigenvalue weighted by Gasteiger charge is 2.10. The van der Waals surface area contributed by atoms with Crippen LogP contribution in [0.5, 0.6) is 0 Å². The van der Waals surface area contributed by atoms with Crippen LogP contribution in [0.3, 0.4) is 0 Å². The number of aromatic nitrogens is 1. The molecule has 88 valence electrons. The normalized spacial score (nSPS) is 10.2. The van der Waals surface area contributed by atoms with E-state index < -0.39 is 0 Å². The van der Waals surface area contributed by atoms with E-state index in [1.54, 1.807) is 6.20 Å². The predicted molar refractivity (Wildman–Crippen MR) is 72.9 cm³/mol. The van der Waals surface area contributed by atoms with Crippen molar-refractivity contribution >= 4 is 23.0 Å². The summed E-state index contributed by atoms with van der Waals surface area (Å²) in [6, 6.07) is 12.2. The van der Waals surface area contributed by atoms with Gasteiger partial charge in [0, 0.05) is 24.3 Å². The van der Waals surface area contributed by atoms with Crippen molar-refractivity contribution in [3.05, 3.63) is 54.4 Å². The Kier molecular flexibility index (Phi) is 3.99. The van der Waals surface area contributed by atoms with Crippen LogP contribution in [0, 0.1) is 0 Å². The molecule has 2 rings (SSSR count). The van der Waals surface area contributed by atoms with Gasteiger partial charge in [-0.25, -0.2) is 0 Å². The molecular weight excluding hydrogens is 232 g/mol. The zero-order valence-corrected chi connectivity index (χ0v) is 10.6. The van der Waals surface area contributed by atoms with Crippen LogP contribution in [-0.4, -0.2) is 11.5 Å². The number of hydrogen-bond donors (Lipinski definition) is 0. The van der Waals surface area contributed by atoms with Gasteiger partial charge in [0.2, 0.25) is 0 Å². The van der Waals surface area contributed by atoms with Crippen molar-refractivity contribution in [3.63, 3.8) is 0 Å². The molecule has 0 radical (unpaired) electrons. The van der Waals surface area contributed by atoms with Gasteiger partial charge in [0.05, 0.1) is 11.9 Å². The summed E-state index contributed by atoms with van der Waals surface area (Å²) in [7, 11) is 0. The van der Waals surface area contributed by atoms with Crippen molar-refractivity contribution in [2.75, 3.05) is 11.4 Å². The number of pyridine rings is 1. The third-order valence-electron chi connectivity index (χ3n) is 2.71. The van der Waals surface area contributed by atoms with Crippen LogP contribution in [0.25, 0.3) is 0 Å². The molecule has 3 heteroatoms. The molecule has 0 N–H and O–H groups in total. The van der Waals surface area contributed by atoms with E-state index in [1.165, 1.54) is 0 Å². The van der Waals surface area contributed by atoms with Gasteiger partial charge in [0.15, 0.2) is 0 Å². The quantitative estimate of drug-likeness (QED) is 0.759. The number of anilines is 2. The van der Waals surface area contributed by atoms with E-state index in [0.29, 0.717) is 5.88 Å². The fourth-order valence-electron chi connectivity index (χ4n) is 1.87. The van der Waals surface area contributed by atoms with Crippen molar-refractivity contribution in [2.24, 2.45) is 0 Å². The van der Waals surface area contributed by atoms with Crippen LogP contribution in [-0.2, 0) is 5.88 Å². The largest absolute Gasteiger partial charge is 0.340 e. The third-order valence-corrected chi connectivity index (χ3v) is 2.99. The minimum absolute atomic E-state index is 0.501. The minimum atomic E-state index is 0.501. The number of halogens is 1.